The van der Waals surface area contributed by atoms with Gasteiger partial charge in [-0.15, -0.1) is 0 Å². The molecule has 1 nitrogen and oxygen atoms in total. The molecule has 1 aromatic carbocycles. The molecule has 0 radical (unpaired) electrons. The van der Waals surface area contributed by atoms with E-state index in [4.69, 9.17) is 11.6 Å². The molecule has 0 bridgehead atoms. The van der Waals surface area contributed by atoms with Gasteiger partial charge in [0.05, 0.1) is 6.10 Å². The molecule has 0 spiro atoms. The van der Waals surface area contributed by atoms with Crippen LogP contribution < -0.4 is 0 Å². The zero-order valence-electron chi connectivity index (χ0n) is 7.13. The normalized spacial score (nSPS) is 12.9. The highest BCUT2D eigenvalue weighted by molar-refractivity contribution is 6.30. The molecule has 0 unspecified atom stereocenters. The topological polar surface area (TPSA) is 20.2 Å². The van der Waals surface area contributed by atoms with Crippen molar-refractivity contribution in [2.75, 3.05) is 0 Å². The van der Waals surface area contributed by atoms with Gasteiger partial charge in [0.2, 0.25) is 0 Å². The lowest BCUT2D eigenvalue weighted by Gasteiger charge is -2.06. The molecule has 1 atom stereocenters. The highest BCUT2D eigenvalue weighted by atomic mass is 35.5. The molecule has 0 saturated heterocycles. The minimum absolute atomic E-state index is 0.230. The highest BCUT2D eigenvalue weighted by Crippen LogP contribution is 2.11. The van der Waals surface area contributed by atoms with Crippen LogP contribution in [0.25, 0.3) is 0 Å². The van der Waals surface area contributed by atoms with Gasteiger partial charge in [0.1, 0.15) is 0 Å². The number of halogens is 1. The fraction of sp³-hybridized carbons (Fsp3) is 0.400. The second-order valence-electron chi connectivity index (χ2n) is 2.89. The summed E-state index contributed by atoms with van der Waals surface area (Å²) in [6.45, 7) is 1.97. The van der Waals surface area contributed by atoms with E-state index in [9.17, 15) is 5.11 Å². The molecule has 0 fully saturated rings. The maximum Gasteiger partial charge on any atom is 0.0577 e. The van der Waals surface area contributed by atoms with Crippen molar-refractivity contribution >= 4 is 11.6 Å². The first-order valence-electron chi connectivity index (χ1n) is 4.15. The lowest BCUT2D eigenvalue weighted by atomic mass is 10.1. The van der Waals surface area contributed by atoms with Crippen LogP contribution in [0, 0.1) is 0 Å². The molecule has 0 aliphatic heterocycles. The van der Waals surface area contributed by atoms with Gasteiger partial charge < -0.3 is 5.11 Å². The van der Waals surface area contributed by atoms with E-state index in [1.54, 1.807) is 0 Å². The summed E-state index contributed by atoms with van der Waals surface area (Å²) in [5.74, 6) is 0. The maximum absolute atomic E-state index is 9.35. The molecule has 1 rings (SSSR count). The molecular weight excluding hydrogens is 172 g/mol. The van der Waals surface area contributed by atoms with Crippen molar-refractivity contribution in [1.29, 1.82) is 0 Å². The summed E-state index contributed by atoms with van der Waals surface area (Å²) in [4.78, 5) is 0. The maximum atomic E-state index is 9.35. The Kier molecular flexibility index (Phi) is 3.57. The first kappa shape index (κ1) is 9.56. The number of hydrogen-bond acceptors (Lipinski definition) is 1. The van der Waals surface area contributed by atoms with Crippen molar-refractivity contribution in [3.63, 3.8) is 0 Å². The first-order valence-corrected chi connectivity index (χ1v) is 4.52. The average Bonchev–Trinajstić information content (AvgIpc) is 2.09. The van der Waals surface area contributed by atoms with Gasteiger partial charge in [-0.1, -0.05) is 30.7 Å². The summed E-state index contributed by atoms with van der Waals surface area (Å²) < 4.78 is 0. The summed E-state index contributed by atoms with van der Waals surface area (Å²) in [5, 5.41) is 10.1. The molecule has 0 aromatic heterocycles. The summed E-state index contributed by atoms with van der Waals surface area (Å²) in [5.41, 5.74) is 1.13. The van der Waals surface area contributed by atoms with Crippen LogP contribution in [0.15, 0.2) is 24.3 Å². The molecule has 66 valence electrons. The third kappa shape index (κ3) is 2.84. The largest absolute Gasteiger partial charge is 0.393 e. The number of rotatable bonds is 3. The number of hydrogen-bond donors (Lipinski definition) is 1. The Labute approximate surface area is 78.0 Å². The second-order valence-corrected chi connectivity index (χ2v) is 3.33. The minimum Gasteiger partial charge on any atom is -0.393 e. The van der Waals surface area contributed by atoms with Gasteiger partial charge >= 0.3 is 0 Å². The van der Waals surface area contributed by atoms with E-state index in [2.05, 4.69) is 0 Å². The highest BCUT2D eigenvalue weighted by Gasteiger charge is 2.01. The SMILES string of the molecule is CC[C@H](O)Cc1ccc(Cl)cc1. The van der Waals surface area contributed by atoms with E-state index in [1.165, 1.54) is 0 Å². The predicted octanol–water partition coefficient (Wildman–Crippen LogP) is 2.65. The van der Waals surface area contributed by atoms with Crippen molar-refractivity contribution in [3.05, 3.63) is 34.9 Å². The van der Waals surface area contributed by atoms with E-state index >= 15 is 0 Å². The Morgan fingerprint density at radius 2 is 1.92 bits per heavy atom. The standard InChI is InChI=1S/C10H13ClO/c1-2-10(12)7-8-3-5-9(11)6-4-8/h3-6,10,12H,2,7H2,1H3/t10-/m0/s1. The quantitative estimate of drug-likeness (QED) is 0.766. The summed E-state index contributed by atoms with van der Waals surface area (Å²) in [6.07, 6.45) is 1.28. The van der Waals surface area contributed by atoms with Crippen LogP contribution in [0.3, 0.4) is 0 Å². The Hall–Kier alpha value is -0.530. The zero-order chi connectivity index (χ0) is 8.97. The molecule has 0 aliphatic carbocycles. The first-order chi connectivity index (χ1) is 5.72. The van der Waals surface area contributed by atoms with Crippen molar-refractivity contribution in [2.24, 2.45) is 0 Å². The molecule has 0 heterocycles. The third-order valence-electron chi connectivity index (χ3n) is 1.86. The fourth-order valence-electron chi connectivity index (χ4n) is 1.04. The second kappa shape index (κ2) is 4.48. The smallest absolute Gasteiger partial charge is 0.0577 e. The molecule has 1 N–H and O–H groups in total. The van der Waals surface area contributed by atoms with E-state index in [0.717, 1.165) is 17.0 Å². The lowest BCUT2D eigenvalue weighted by Crippen LogP contribution is -2.07. The van der Waals surface area contributed by atoms with Gasteiger partial charge in [-0.3, -0.25) is 0 Å². The fourth-order valence-corrected chi connectivity index (χ4v) is 1.16. The zero-order valence-corrected chi connectivity index (χ0v) is 7.88. The average molecular weight is 185 g/mol. The van der Waals surface area contributed by atoms with Gasteiger partial charge in [0, 0.05) is 5.02 Å². The van der Waals surface area contributed by atoms with Crippen molar-refractivity contribution in [2.45, 2.75) is 25.9 Å². The molecule has 1 aromatic rings. The van der Waals surface area contributed by atoms with Crippen molar-refractivity contribution < 1.29 is 5.11 Å². The summed E-state index contributed by atoms with van der Waals surface area (Å²) in [7, 11) is 0. The van der Waals surface area contributed by atoms with Crippen LogP contribution in [0.2, 0.25) is 5.02 Å². The van der Waals surface area contributed by atoms with E-state index in [1.807, 2.05) is 31.2 Å². The minimum atomic E-state index is -0.230. The predicted molar refractivity (Wildman–Crippen MR) is 51.5 cm³/mol. The van der Waals surface area contributed by atoms with Gasteiger partial charge in [0.25, 0.3) is 0 Å². The van der Waals surface area contributed by atoms with Crippen LogP contribution in [0.4, 0.5) is 0 Å². The van der Waals surface area contributed by atoms with Crippen LogP contribution in [0.1, 0.15) is 18.9 Å². The van der Waals surface area contributed by atoms with Crippen molar-refractivity contribution in [1.82, 2.24) is 0 Å². The molecule has 12 heavy (non-hydrogen) atoms. The van der Waals surface area contributed by atoms with Crippen LogP contribution in [-0.4, -0.2) is 11.2 Å². The summed E-state index contributed by atoms with van der Waals surface area (Å²) in [6, 6.07) is 7.58. The van der Waals surface area contributed by atoms with Crippen molar-refractivity contribution in [3.8, 4) is 0 Å². The number of benzene rings is 1. The Balaban J connectivity index is 2.58. The van der Waals surface area contributed by atoms with Gasteiger partial charge in [-0.25, -0.2) is 0 Å². The van der Waals surface area contributed by atoms with Crippen LogP contribution >= 0.6 is 11.6 Å². The van der Waals surface area contributed by atoms with Crippen LogP contribution in [0.5, 0.6) is 0 Å². The molecule has 0 amide bonds. The molecule has 0 aliphatic rings. The Morgan fingerprint density at radius 1 is 1.33 bits per heavy atom. The molecule has 0 saturated carbocycles. The van der Waals surface area contributed by atoms with E-state index in [-0.39, 0.29) is 6.10 Å². The van der Waals surface area contributed by atoms with Gasteiger partial charge in [0.15, 0.2) is 0 Å². The third-order valence-corrected chi connectivity index (χ3v) is 2.11. The molecular formula is C10H13ClO. The van der Waals surface area contributed by atoms with Gasteiger partial charge in [-0.2, -0.15) is 0 Å². The number of aliphatic hydroxyl groups excluding tert-OH is 1. The lowest BCUT2D eigenvalue weighted by molar-refractivity contribution is 0.171. The van der Waals surface area contributed by atoms with Gasteiger partial charge in [-0.05, 0) is 30.5 Å². The number of aliphatic hydroxyl groups is 1. The van der Waals surface area contributed by atoms with E-state index < -0.39 is 0 Å². The van der Waals surface area contributed by atoms with Crippen LogP contribution in [-0.2, 0) is 6.42 Å². The van der Waals surface area contributed by atoms with E-state index in [0.29, 0.717) is 6.42 Å². The Morgan fingerprint density at radius 3 is 2.42 bits per heavy atom. The Bertz CT molecular complexity index is 230. The monoisotopic (exact) mass is 184 g/mol. The molecule has 2 heteroatoms. The summed E-state index contributed by atoms with van der Waals surface area (Å²) >= 11 is 5.72.